The highest BCUT2D eigenvalue weighted by Gasteiger charge is 2.42. The van der Waals surface area contributed by atoms with Crippen LogP contribution in [0.5, 0.6) is 0 Å². The zero-order chi connectivity index (χ0) is 9.31. The van der Waals surface area contributed by atoms with Gasteiger partial charge in [0, 0.05) is 13.5 Å². The van der Waals surface area contributed by atoms with Crippen LogP contribution in [0.15, 0.2) is 4.42 Å². The number of nitrogens with two attached hydrogens (primary N) is 1. The van der Waals surface area contributed by atoms with Crippen LogP contribution in [-0.4, -0.2) is 30.5 Å². The predicted molar refractivity (Wildman–Crippen MR) is 42.8 cm³/mol. The molecule has 1 aliphatic rings. The molecule has 0 aromatic carbocycles. The van der Waals surface area contributed by atoms with Gasteiger partial charge in [0.25, 0.3) is 5.89 Å². The van der Waals surface area contributed by atoms with E-state index in [2.05, 4.69) is 10.2 Å². The summed E-state index contributed by atoms with van der Waals surface area (Å²) in [5.41, 5.74) is 4.73. The molecule has 0 spiro atoms. The van der Waals surface area contributed by atoms with Gasteiger partial charge < -0.3 is 19.6 Å². The van der Waals surface area contributed by atoms with E-state index in [0.29, 0.717) is 25.5 Å². The smallest absolute Gasteiger partial charge is 0.312 e. The maximum atomic E-state index is 5.32. The number of hydrogen-bond donors (Lipinski definition) is 1. The van der Waals surface area contributed by atoms with Crippen molar-refractivity contribution in [1.29, 1.82) is 0 Å². The van der Waals surface area contributed by atoms with Crippen LogP contribution in [0, 0.1) is 0 Å². The molecule has 0 amide bonds. The Morgan fingerprint density at radius 2 is 2.38 bits per heavy atom. The Morgan fingerprint density at radius 3 is 2.85 bits per heavy atom. The minimum absolute atomic E-state index is 0.0540. The molecule has 0 aliphatic carbocycles. The second kappa shape index (κ2) is 2.97. The van der Waals surface area contributed by atoms with Crippen LogP contribution < -0.4 is 5.73 Å². The van der Waals surface area contributed by atoms with Gasteiger partial charge in [0.15, 0.2) is 5.60 Å². The van der Waals surface area contributed by atoms with Crippen molar-refractivity contribution >= 4 is 6.01 Å². The molecule has 13 heavy (non-hydrogen) atoms. The molecule has 2 rings (SSSR count). The molecule has 1 fully saturated rings. The lowest BCUT2D eigenvalue weighted by atomic mass is 10.0. The molecular formula is C7H11N3O3. The highest BCUT2D eigenvalue weighted by atomic mass is 16.6. The molecule has 72 valence electrons. The van der Waals surface area contributed by atoms with Crippen LogP contribution in [-0.2, 0) is 15.1 Å². The minimum Gasteiger partial charge on any atom is -0.405 e. The first kappa shape index (κ1) is 8.46. The second-order valence-corrected chi connectivity index (χ2v) is 2.95. The van der Waals surface area contributed by atoms with E-state index in [0.717, 1.165) is 0 Å². The first-order valence-corrected chi connectivity index (χ1v) is 3.99. The lowest BCUT2D eigenvalue weighted by Gasteiger charge is -2.20. The van der Waals surface area contributed by atoms with Crippen LogP contribution in [0.3, 0.4) is 0 Å². The highest BCUT2D eigenvalue weighted by molar-refractivity contribution is 5.10. The summed E-state index contributed by atoms with van der Waals surface area (Å²) in [5, 5.41) is 7.37. The third kappa shape index (κ3) is 1.27. The summed E-state index contributed by atoms with van der Waals surface area (Å²) in [7, 11) is 1.59. The summed E-state index contributed by atoms with van der Waals surface area (Å²) in [6.07, 6.45) is 0.713. The fraction of sp³-hybridized carbons (Fsp3) is 0.714. The molecule has 1 aliphatic heterocycles. The Labute approximate surface area is 75.0 Å². The number of ether oxygens (including phenoxy) is 2. The summed E-state index contributed by atoms with van der Waals surface area (Å²) >= 11 is 0. The van der Waals surface area contributed by atoms with Gasteiger partial charge in [-0.05, 0) is 0 Å². The predicted octanol–water partition coefficient (Wildman–Crippen LogP) is -0.0862. The number of rotatable bonds is 2. The zero-order valence-electron chi connectivity index (χ0n) is 7.32. The Kier molecular flexibility index (Phi) is 1.93. The van der Waals surface area contributed by atoms with E-state index in [1.165, 1.54) is 0 Å². The largest absolute Gasteiger partial charge is 0.405 e. The van der Waals surface area contributed by atoms with E-state index in [4.69, 9.17) is 19.6 Å². The third-order valence-electron chi connectivity index (χ3n) is 2.21. The molecule has 6 heteroatoms. The number of nitrogens with zero attached hydrogens (tertiary/aromatic N) is 2. The van der Waals surface area contributed by atoms with Gasteiger partial charge in [0.2, 0.25) is 0 Å². The second-order valence-electron chi connectivity index (χ2n) is 2.95. The van der Waals surface area contributed by atoms with Crippen molar-refractivity contribution in [2.24, 2.45) is 0 Å². The van der Waals surface area contributed by atoms with Gasteiger partial charge in [-0.3, -0.25) is 0 Å². The average molecular weight is 185 g/mol. The molecule has 2 N–H and O–H groups in total. The van der Waals surface area contributed by atoms with Crippen molar-refractivity contribution in [1.82, 2.24) is 10.2 Å². The number of hydrogen-bond acceptors (Lipinski definition) is 6. The monoisotopic (exact) mass is 185 g/mol. The molecular weight excluding hydrogens is 174 g/mol. The van der Waals surface area contributed by atoms with Gasteiger partial charge in [-0.15, -0.1) is 5.10 Å². The van der Waals surface area contributed by atoms with Gasteiger partial charge in [-0.25, -0.2) is 0 Å². The average Bonchev–Trinajstić information content (AvgIpc) is 2.73. The summed E-state index contributed by atoms with van der Waals surface area (Å²) in [6.45, 7) is 1.07. The molecule has 0 radical (unpaired) electrons. The van der Waals surface area contributed by atoms with E-state index < -0.39 is 5.60 Å². The van der Waals surface area contributed by atoms with Crippen molar-refractivity contribution in [3.8, 4) is 0 Å². The maximum absolute atomic E-state index is 5.32. The number of anilines is 1. The Bertz CT molecular complexity index is 293. The van der Waals surface area contributed by atoms with Gasteiger partial charge in [-0.1, -0.05) is 5.10 Å². The molecule has 1 aromatic heterocycles. The van der Waals surface area contributed by atoms with Crippen molar-refractivity contribution in [2.75, 3.05) is 26.1 Å². The van der Waals surface area contributed by atoms with E-state index in [9.17, 15) is 0 Å². The summed E-state index contributed by atoms with van der Waals surface area (Å²) in [5.74, 6) is 0.394. The lowest BCUT2D eigenvalue weighted by Crippen LogP contribution is -2.29. The van der Waals surface area contributed by atoms with Crippen LogP contribution in [0.25, 0.3) is 0 Å². The molecule has 0 saturated carbocycles. The fourth-order valence-electron chi connectivity index (χ4n) is 1.38. The highest BCUT2D eigenvalue weighted by Crippen LogP contribution is 2.32. The van der Waals surface area contributed by atoms with Crippen molar-refractivity contribution in [3.63, 3.8) is 0 Å². The third-order valence-corrected chi connectivity index (χ3v) is 2.21. The normalized spacial score (nSPS) is 28.1. The van der Waals surface area contributed by atoms with Crippen molar-refractivity contribution < 1.29 is 13.9 Å². The lowest BCUT2D eigenvalue weighted by molar-refractivity contribution is -0.0406. The molecule has 1 aromatic rings. The number of nitrogen functional groups attached to an aromatic ring is 1. The minimum atomic E-state index is -0.593. The molecule has 1 saturated heterocycles. The van der Waals surface area contributed by atoms with Gasteiger partial charge in [0.1, 0.15) is 0 Å². The fourth-order valence-corrected chi connectivity index (χ4v) is 1.38. The van der Waals surface area contributed by atoms with Crippen molar-refractivity contribution in [2.45, 2.75) is 12.0 Å². The standard InChI is InChI=1S/C7H11N3O3/c1-11-7(2-3-12-4-7)5-9-10-6(8)13-5/h2-4H2,1H3,(H2,8,10). The van der Waals surface area contributed by atoms with E-state index in [1.807, 2.05) is 0 Å². The number of aromatic nitrogens is 2. The summed E-state index contributed by atoms with van der Waals surface area (Å²) < 4.78 is 15.7. The van der Waals surface area contributed by atoms with Crippen LogP contribution in [0.1, 0.15) is 12.3 Å². The van der Waals surface area contributed by atoms with Crippen LogP contribution >= 0.6 is 0 Å². The molecule has 1 atom stereocenters. The SMILES string of the molecule is COC1(c2nnc(N)o2)CCOC1. The van der Waals surface area contributed by atoms with Gasteiger partial charge in [-0.2, -0.15) is 0 Å². The van der Waals surface area contributed by atoms with Gasteiger partial charge >= 0.3 is 6.01 Å². The van der Waals surface area contributed by atoms with Crippen LogP contribution in [0.4, 0.5) is 6.01 Å². The first-order chi connectivity index (χ1) is 6.27. The zero-order valence-corrected chi connectivity index (χ0v) is 7.32. The molecule has 2 heterocycles. The van der Waals surface area contributed by atoms with Crippen molar-refractivity contribution in [3.05, 3.63) is 5.89 Å². The van der Waals surface area contributed by atoms with E-state index >= 15 is 0 Å². The molecule has 0 bridgehead atoms. The van der Waals surface area contributed by atoms with E-state index in [-0.39, 0.29) is 6.01 Å². The quantitative estimate of drug-likeness (QED) is 0.693. The number of methoxy groups -OCH3 is 1. The Balaban J connectivity index is 2.30. The molecule has 6 nitrogen and oxygen atoms in total. The van der Waals surface area contributed by atoms with E-state index in [1.54, 1.807) is 7.11 Å². The summed E-state index contributed by atoms with van der Waals surface area (Å²) in [6, 6.07) is 0.0540. The Morgan fingerprint density at radius 1 is 1.54 bits per heavy atom. The molecule has 1 unspecified atom stereocenters. The summed E-state index contributed by atoms with van der Waals surface area (Å²) in [4.78, 5) is 0. The van der Waals surface area contributed by atoms with Gasteiger partial charge in [0.05, 0.1) is 13.2 Å². The first-order valence-electron chi connectivity index (χ1n) is 3.99. The maximum Gasteiger partial charge on any atom is 0.312 e. The Hall–Kier alpha value is -1.14. The topological polar surface area (TPSA) is 83.4 Å². The van der Waals surface area contributed by atoms with Crippen LogP contribution in [0.2, 0.25) is 0 Å².